The van der Waals surface area contributed by atoms with Crippen molar-refractivity contribution in [2.24, 2.45) is 0 Å². The Kier molecular flexibility index (Phi) is 11.4. The lowest BCUT2D eigenvalue weighted by atomic mass is 10.0. The molecule has 3 aromatic carbocycles. The normalized spacial score (nSPS) is 17.0. The second-order valence-electron chi connectivity index (χ2n) is 13.5. The summed E-state index contributed by atoms with van der Waals surface area (Å²) in [6, 6.07) is 11.2. The Morgan fingerprint density at radius 2 is 1.82 bits per heavy atom. The zero-order chi connectivity index (χ0) is 40.2. The number of aromatic nitrogens is 2. The summed E-state index contributed by atoms with van der Waals surface area (Å²) in [4.78, 5) is 89.6. The van der Waals surface area contributed by atoms with Crippen molar-refractivity contribution in [3.05, 3.63) is 89.5 Å². The zero-order valence-electron chi connectivity index (χ0n) is 30.5. The molecule has 294 valence electrons. The molecule has 1 atom stereocenters. The maximum Gasteiger partial charge on any atom is 0.264 e. The first-order valence-corrected chi connectivity index (χ1v) is 18.5. The molecule has 4 heterocycles. The summed E-state index contributed by atoms with van der Waals surface area (Å²) in [6.45, 7) is 6.66. The molecule has 3 aliphatic rings. The Hall–Kier alpha value is -6.46. The highest BCUT2D eigenvalue weighted by molar-refractivity contribution is 6.31. The molecule has 0 bridgehead atoms. The largest absolute Gasteiger partial charge is 0.491 e. The van der Waals surface area contributed by atoms with Crippen molar-refractivity contribution in [1.82, 2.24) is 30.0 Å². The van der Waals surface area contributed by atoms with Gasteiger partial charge in [0, 0.05) is 62.0 Å². The SMILES string of the molecule is C=CC(=O)Nc1cc2c(Nc3ccc(F)c(Cl)c3)ncnc2cc1OCCCN1CCN(C(=O)CNc2cccc3c2C(=O)N(C2CCC(=O)NC2=O)C3=O)CC1. The fourth-order valence-electron chi connectivity index (χ4n) is 6.93. The molecular formula is C39H37ClFN9O7. The third-order valence-corrected chi connectivity index (χ3v) is 10.2. The van der Waals surface area contributed by atoms with Gasteiger partial charge in [0.15, 0.2) is 0 Å². The van der Waals surface area contributed by atoms with Gasteiger partial charge < -0.3 is 25.6 Å². The number of amides is 6. The van der Waals surface area contributed by atoms with Gasteiger partial charge in [0.25, 0.3) is 11.8 Å². The highest BCUT2D eigenvalue weighted by atomic mass is 35.5. The number of rotatable bonds is 13. The molecule has 2 fully saturated rings. The fourth-order valence-corrected chi connectivity index (χ4v) is 7.11. The van der Waals surface area contributed by atoms with Crippen molar-refractivity contribution in [2.45, 2.75) is 25.3 Å². The molecule has 0 aliphatic carbocycles. The first-order chi connectivity index (χ1) is 27.5. The van der Waals surface area contributed by atoms with Crippen molar-refractivity contribution in [2.75, 3.05) is 61.8 Å². The number of hydrogen-bond donors (Lipinski definition) is 4. The number of nitrogens with one attached hydrogen (secondary N) is 4. The number of benzene rings is 3. The molecule has 4 N–H and O–H groups in total. The number of fused-ring (bicyclic) bond motifs is 2. The third-order valence-electron chi connectivity index (χ3n) is 9.86. The number of halogens is 2. The topological polar surface area (TPSA) is 195 Å². The van der Waals surface area contributed by atoms with Crippen molar-refractivity contribution in [3.8, 4) is 5.75 Å². The van der Waals surface area contributed by atoms with Gasteiger partial charge in [0.05, 0.1) is 40.5 Å². The molecule has 3 aliphatic heterocycles. The number of carbonyl (C=O) groups is 6. The van der Waals surface area contributed by atoms with Gasteiger partial charge in [-0.2, -0.15) is 0 Å². The van der Waals surface area contributed by atoms with Gasteiger partial charge in [-0.25, -0.2) is 14.4 Å². The van der Waals surface area contributed by atoms with Crippen LogP contribution in [0.5, 0.6) is 5.75 Å². The van der Waals surface area contributed by atoms with Crippen LogP contribution in [0, 0.1) is 5.82 Å². The van der Waals surface area contributed by atoms with E-state index in [1.54, 1.807) is 29.2 Å². The maximum absolute atomic E-state index is 13.7. The van der Waals surface area contributed by atoms with Crippen molar-refractivity contribution in [3.63, 3.8) is 0 Å². The first-order valence-electron chi connectivity index (χ1n) is 18.2. The molecule has 0 saturated carbocycles. The van der Waals surface area contributed by atoms with Crippen LogP contribution in [0.25, 0.3) is 10.9 Å². The predicted octanol–water partition coefficient (Wildman–Crippen LogP) is 3.72. The van der Waals surface area contributed by atoms with Gasteiger partial charge in [-0.15, -0.1) is 0 Å². The number of anilines is 4. The molecule has 6 amide bonds. The van der Waals surface area contributed by atoms with E-state index in [1.165, 1.54) is 30.6 Å². The molecule has 16 nitrogen and oxygen atoms in total. The molecule has 7 rings (SSSR count). The van der Waals surface area contributed by atoms with E-state index in [0.29, 0.717) is 85.3 Å². The van der Waals surface area contributed by atoms with E-state index in [1.807, 2.05) is 0 Å². The molecule has 0 radical (unpaired) electrons. The van der Waals surface area contributed by atoms with Crippen LogP contribution in [0.15, 0.2) is 67.5 Å². The molecule has 1 unspecified atom stereocenters. The molecule has 4 aromatic rings. The van der Waals surface area contributed by atoms with Crippen LogP contribution in [0.4, 0.5) is 27.3 Å². The minimum atomic E-state index is -1.09. The van der Waals surface area contributed by atoms with Gasteiger partial charge in [-0.1, -0.05) is 24.2 Å². The number of carbonyl (C=O) groups excluding carboxylic acids is 6. The third kappa shape index (κ3) is 8.39. The highest BCUT2D eigenvalue weighted by Gasteiger charge is 2.45. The molecule has 1 aromatic heterocycles. The Morgan fingerprint density at radius 1 is 1.02 bits per heavy atom. The minimum Gasteiger partial charge on any atom is -0.491 e. The standard InChI is InChI=1S/C39H37ClFN9O7/c1-2-32(51)46-29-18-24-28(43-21-44-36(24)45-22-7-8-26(41)25(40)17-22)19-31(29)57-16-4-11-48-12-14-49(15-13-48)34(53)20-42-27-6-3-5-23-35(27)39(56)50(38(23)55)30-9-10-33(52)47-37(30)54/h2-3,5-8,17-19,21,30,42H,1,4,9-16,20H2,(H,46,51)(H,43,44,45)(H,47,52,54). The summed E-state index contributed by atoms with van der Waals surface area (Å²) in [5.74, 6) is -2.78. The Bertz CT molecular complexity index is 2320. The fraction of sp³-hybridized carbons (Fsp3) is 0.282. The average molecular weight is 798 g/mol. The van der Waals surface area contributed by atoms with Gasteiger partial charge in [0.1, 0.15) is 29.8 Å². The van der Waals surface area contributed by atoms with Gasteiger partial charge >= 0.3 is 0 Å². The summed E-state index contributed by atoms with van der Waals surface area (Å²) in [6.07, 6.45) is 3.23. The van der Waals surface area contributed by atoms with Crippen molar-refractivity contribution >= 4 is 80.8 Å². The van der Waals surface area contributed by atoms with Gasteiger partial charge in [-0.05, 0) is 55.3 Å². The summed E-state index contributed by atoms with van der Waals surface area (Å²) in [5, 5.41) is 11.6. The van der Waals surface area contributed by atoms with E-state index in [0.717, 1.165) is 11.0 Å². The highest BCUT2D eigenvalue weighted by Crippen LogP contribution is 2.35. The van der Waals surface area contributed by atoms with E-state index in [9.17, 15) is 33.2 Å². The summed E-state index contributed by atoms with van der Waals surface area (Å²) < 4.78 is 19.8. The van der Waals surface area contributed by atoms with Crippen LogP contribution in [0.3, 0.4) is 0 Å². The summed E-state index contributed by atoms with van der Waals surface area (Å²) in [5.41, 5.74) is 1.95. The average Bonchev–Trinajstić information content (AvgIpc) is 3.46. The number of imide groups is 2. The predicted molar refractivity (Wildman–Crippen MR) is 208 cm³/mol. The number of nitrogens with zero attached hydrogens (tertiary/aromatic N) is 5. The molecule has 2 saturated heterocycles. The van der Waals surface area contributed by atoms with E-state index in [4.69, 9.17) is 16.3 Å². The lowest BCUT2D eigenvalue weighted by molar-refractivity contribution is -0.136. The first kappa shape index (κ1) is 38.8. The van der Waals surface area contributed by atoms with Crippen molar-refractivity contribution in [1.29, 1.82) is 0 Å². The Balaban J connectivity index is 0.907. The van der Waals surface area contributed by atoms with E-state index >= 15 is 0 Å². The van der Waals surface area contributed by atoms with Crippen LogP contribution in [0.1, 0.15) is 40.0 Å². The van der Waals surface area contributed by atoms with E-state index < -0.39 is 41.4 Å². The Labute approximate surface area is 330 Å². The maximum atomic E-state index is 13.7. The number of ether oxygens (including phenoxy) is 1. The molecule has 57 heavy (non-hydrogen) atoms. The van der Waals surface area contributed by atoms with E-state index in [-0.39, 0.29) is 41.4 Å². The van der Waals surface area contributed by atoms with Crippen LogP contribution in [-0.2, 0) is 19.2 Å². The van der Waals surface area contributed by atoms with Crippen LogP contribution >= 0.6 is 11.6 Å². The second kappa shape index (κ2) is 16.7. The monoisotopic (exact) mass is 797 g/mol. The van der Waals surface area contributed by atoms with E-state index in [2.05, 4.69) is 42.7 Å². The zero-order valence-corrected chi connectivity index (χ0v) is 31.2. The van der Waals surface area contributed by atoms with Crippen LogP contribution in [-0.4, -0.2) is 112 Å². The molecule has 18 heteroatoms. The lowest BCUT2D eigenvalue weighted by Gasteiger charge is -2.34. The number of hydrogen-bond acceptors (Lipinski definition) is 12. The van der Waals surface area contributed by atoms with Gasteiger partial charge in [0.2, 0.25) is 23.6 Å². The number of piperazine rings is 1. The summed E-state index contributed by atoms with van der Waals surface area (Å²) in [7, 11) is 0. The van der Waals surface area contributed by atoms with Crippen LogP contribution < -0.4 is 26.0 Å². The molecular weight excluding hydrogens is 761 g/mol. The second-order valence-corrected chi connectivity index (χ2v) is 13.9. The molecule has 0 spiro atoms. The summed E-state index contributed by atoms with van der Waals surface area (Å²) >= 11 is 5.95. The smallest absolute Gasteiger partial charge is 0.264 e. The van der Waals surface area contributed by atoms with Crippen LogP contribution in [0.2, 0.25) is 5.02 Å². The lowest BCUT2D eigenvalue weighted by Crippen LogP contribution is -2.54. The van der Waals surface area contributed by atoms with Crippen molar-refractivity contribution < 1.29 is 37.9 Å². The minimum absolute atomic E-state index is 0.0168. The van der Waals surface area contributed by atoms with Gasteiger partial charge in [-0.3, -0.25) is 43.9 Å². The quantitative estimate of drug-likeness (QED) is 0.0872. The number of piperidine rings is 1. The Morgan fingerprint density at radius 3 is 2.58 bits per heavy atom.